The molecule has 1 atom stereocenters. The quantitative estimate of drug-likeness (QED) is 0.771. The molecule has 1 aliphatic heterocycles. The van der Waals surface area contributed by atoms with E-state index in [4.69, 9.17) is 5.11 Å². The molecular formula is C10H14N2O3. The molecular weight excluding hydrogens is 196 g/mol. The third kappa shape index (κ3) is 2.02. The summed E-state index contributed by atoms with van der Waals surface area (Å²) in [5.41, 5.74) is 0.821. The van der Waals surface area contributed by atoms with Crippen LogP contribution < -0.4 is 0 Å². The molecule has 1 aromatic rings. The normalized spacial score (nSPS) is 19.9. The first-order valence-electron chi connectivity index (χ1n) is 5.12. The number of rotatable bonds is 3. The van der Waals surface area contributed by atoms with Crippen LogP contribution in [0, 0.1) is 0 Å². The van der Waals surface area contributed by atoms with Crippen molar-refractivity contribution in [3.05, 3.63) is 17.7 Å². The Morgan fingerprint density at radius 3 is 3.20 bits per heavy atom. The summed E-state index contributed by atoms with van der Waals surface area (Å²) in [5, 5.41) is 18.3. The Bertz CT molecular complexity index is 373. The molecule has 0 saturated carbocycles. The molecule has 0 bridgehead atoms. The van der Waals surface area contributed by atoms with Crippen LogP contribution in [0.1, 0.15) is 36.9 Å². The molecule has 0 fully saturated rings. The fourth-order valence-corrected chi connectivity index (χ4v) is 1.96. The fraction of sp³-hybridized carbons (Fsp3) is 0.600. The van der Waals surface area contributed by atoms with E-state index in [0.717, 1.165) is 30.9 Å². The van der Waals surface area contributed by atoms with Crippen molar-refractivity contribution in [2.75, 3.05) is 0 Å². The number of aromatic nitrogens is 2. The number of hydrogen-bond donors (Lipinski definition) is 2. The van der Waals surface area contributed by atoms with Gasteiger partial charge in [0, 0.05) is 13.0 Å². The van der Waals surface area contributed by atoms with Crippen molar-refractivity contribution in [2.45, 2.75) is 38.3 Å². The molecule has 0 spiro atoms. The molecule has 0 amide bonds. The van der Waals surface area contributed by atoms with Crippen LogP contribution in [0.5, 0.6) is 0 Å². The van der Waals surface area contributed by atoms with Crippen molar-refractivity contribution in [2.24, 2.45) is 0 Å². The zero-order valence-corrected chi connectivity index (χ0v) is 8.39. The Morgan fingerprint density at radius 2 is 2.47 bits per heavy atom. The number of aliphatic hydroxyl groups excluding tert-OH is 1. The molecule has 82 valence electrons. The molecule has 1 unspecified atom stereocenters. The SMILES string of the molecule is O=C(O)CCc1ncc2n1CCCC2O. The summed E-state index contributed by atoms with van der Waals surface area (Å²) in [5.74, 6) is -0.0464. The number of aliphatic carboxylic acids is 1. The second kappa shape index (κ2) is 4.02. The highest BCUT2D eigenvalue weighted by Gasteiger charge is 2.21. The van der Waals surface area contributed by atoms with E-state index in [1.807, 2.05) is 4.57 Å². The lowest BCUT2D eigenvalue weighted by Crippen LogP contribution is -2.17. The van der Waals surface area contributed by atoms with Crippen molar-refractivity contribution < 1.29 is 15.0 Å². The van der Waals surface area contributed by atoms with E-state index in [9.17, 15) is 9.90 Å². The summed E-state index contributed by atoms with van der Waals surface area (Å²) in [4.78, 5) is 14.6. The van der Waals surface area contributed by atoms with Gasteiger partial charge in [-0.3, -0.25) is 4.79 Å². The zero-order valence-electron chi connectivity index (χ0n) is 8.39. The monoisotopic (exact) mass is 210 g/mol. The second-order valence-electron chi connectivity index (χ2n) is 3.80. The molecule has 0 saturated heterocycles. The van der Waals surface area contributed by atoms with E-state index in [1.54, 1.807) is 6.20 Å². The molecule has 2 heterocycles. The van der Waals surface area contributed by atoms with Gasteiger partial charge in [0.15, 0.2) is 0 Å². The largest absolute Gasteiger partial charge is 0.481 e. The lowest BCUT2D eigenvalue weighted by atomic mass is 10.1. The Morgan fingerprint density at radius 1 is 1.67 bits per heavy atom. The predicted molar refractivity (Wildman–Crippen MR) is 52.4 cm³/mol. The van der Waals surface area contributed by atoms with Gasteiger partial charge in [-0.1, -0.05) is 0 Å². The number of carboxylic acid groups (broad SMARTS) is 1. The van der Waals surface area contributed by atoms with Crippen LogP contribution >= 0.6 is 0 Å². The number of fused-ring (bicyclic) bond motifs is 1. The fourth-order valence-electron chi connectivity index (χ4n) is 1.96. The van der Waals surface area contributed by atoms with E-state index >= 15 is 0 Å². The molecule has 2 rings (SSSR count). The molecule has 15 heavy (non-hydrogen) atoms. The van der Waals surface area contributed by atoms with E-state index in [2.05, 4.69) is 4.98 Å². The van der Waals surface area contributed by atoms with Crippen LogP contribution in [0.4, 0.5) is 0 Å². The van der Waals surface area contributed by atoms with Crippen molar-refractivity contribution in [1.82, 2.24) is 9.55 Å². The van der Waals surface area contributed by atoms with E-state index in [-0.39, 0.29) is 6.42 Å². The Balaban J connectivity index is 2.16. The maximum absolute atomic E-state index is 10.4. The number of carboxylic acids is 1. The van der Waals surface area contributed by atoms with Crippen molar-refractivity contribution in [3.63, 3.8) is 0 Å². The maximum atomic E-state index is 10.4. The molecule has 0 aromatic carbocycles. The number of aliphatic hydroxyl groups is 1. The molecule has 2 N–H and O–H groups in total. The molecule has 0 aliphatic carbocycles. The first-order chi connectivity index (χ1) is 7.18. The number of hydrogen-bond acceptors (Lipinski definition) is 3. The van der Waals surface area contributed by atoms with Crippen LogP contribution in [0.2, 0.25) is 0 Å². The topological polar surface area (TPSA) is 75.3 Å². The number of imidazole rings is 1. The molecule has 5 heteroatoms. The zero-order chi connectivity index (χ0) is 10.8. The lowest BCUT2D eigenvalue weighted by molar-refractivity contribution is -0.137. The third-order valence-corrected chi connectivity index (χ3v) is 2.73. The first-order valence-corrected chi connectivity index (χ1v) is 5.12. The van der Waals surface area contributed by atoms with Crippen LogP contribution in [0.25, 0.3) is 0 Å². The Labute approximate surface area is 87.4 Å². The standard InChI is InChI=1S/C10H14N2O3/c13-8-2-1-5-12-7(8)6-11-9(12)3-4-10(14)15/h6,8,13H,1-5H2,(H,14,15). The van der Waals surface area contributed by atoms with E-state index in [0.29, 0.717) is 6.42 Å². The number of aryl methyl sites for hydroxylation is 1. The van der Waals surface area contributed by atoms with E-state index in [1.165, 1.54) is 0 Å². The van der Waals surface area contributed by atoms with Crippen LogP contribution in [-0.2, 0) is 17.8 Å². The first kappa shape index (κ1) is 10.2. The van der Waals surface area contributed by atoms with Gasteiger partial charge in [-0.05, 0) is 12.8 Å². The molecule has 1 aromatic heterocycles. The van der Waals surface area contributed by atoms with Crippen LogP contribution in [-0.4, -0.2) is 25.7 Å². The predicted octanol–water partition coefficient (Wildman–Crippen LogP) is 0.728. The Kier molecular flexibility index (Phi) is 2.73. The minimum atomic E-state index is -0.816. The van der Waals surface area contributed by atoms with Gasteiger partial charge in [-0.15, -0.1) is 0 Å². The van der Waals surface area contributed by atoms with Crippen LogP contribution in [0.15, 0.2) is 6.20 Å². The molecule has 5 nitrogen and oxygen atoms in total. The van der Waals surface area contributed by atoms with Crippen molar-refractivity contribution in [3.8, 4) is 0 Å². The average molecular weight is 210 g/mol. The highest BCUT2D eigenvalue weighted by Crippen LogP contribution is 2.25. The Hall–Kier alpha value is -1.36. The van der Waals surface area contributed by atoms with Gasteiger partial charge < -0.3 is 14.8 Å². The van der Waals surface area contributed by atoms with Gasteiger partial charge in [0.1, 0.15) is 5.82 Å². The minimum Gasteiger partial charge on any atom is -0.481 e. The smallest absolute Gasteiger partial charge is 0.303 e. The summed E-state index contributed by atoms with van der Waals surface area (Å²) in [6.07, 6.45) is 3.43. The summed E-state index contributed by atoms with van der Waals surface area (Å²) < 4.78 is 1.94. The van der Waals surface area contributed by atoms with E-state index < -0.39 is 12.1 Å². The number of carbonyl (C=O) groups is 1. The third-order valence-electron chi connectivity index (χ3n) is 2.73. The van der Waals surface area contributed by atoms with Crippen molar-refractivity contribution >= 4 is 5.97 Å². The lowest BCUT2D eigenvalue weighted by Gasteiger charge is -2.21. The van der Waals surface area contributed by atoms with Gasteiger partial charge in [0.05, 0.1) is 24.4 Å². The summed E-state index contributed by atoms with van der Waals surface area (Å²) in [7, 11) is 0. The summed E-state index contributed by atoms with van der Waals surface area (Å²) in [6, 6.07) is 0. The minimum absolute atomic E-state index is 0.0898. The van der Waals surface area contributed by atoms with Crippen LogP contribution in [0.3, 0.4) is 0 Å². The molecule has 1 aliphatic rings. The summed E-state index contributed by atoms with van der Waals surface area (Å²) in [6.45, 7) is 0.835. The number of nitrogens with zero attached hydrogens (tertiary/aromatic N) is 2. The summed E-state index contributed by atoms with van der Waals surface area (Å²) >= 11 is 0. The van der Waals surface area contributed by atoms with Crippen molar-refractivity contribution in [1.29, 1.82) is 0 Å². The molecule has 0 radical (unpaired) electrons. The highest BCUT2D eigenvalue weighted by molar-refractivity contribution is 5.66. The average Bonchev–Trinajstić information content (AvgIpc) is 2.59. The van der Waals surface area contributed by atoms with Gasteiger partial charge in [-0.25, -0.2) is 4.98 Å². The van der Waals surface area contributed by atoms with Gasteiger partial charge in [0.2, 0.25) is 0 Å². The van der Waals surface area contributed by atoms with Gasteiger partial charge in [-0.2, -0.15) is 0 Å². The second-order valence-corrected chi connectivity index (χ2v) is 3.80. The van der Waals surface area contributed by atoms with Gasteiger partial charge in [0.25, 0.3) is 0 Å². The van der Waals surface area contributed by atoms with Gasteiger partial charge >= 0.3 is 5.97 Å². The highest BCUT2D eigenvalue weighted by atomic mass is 16.4. The maximum Gasteiger partial charge on any atom is 0.303 e.